The maximum Gasteiger partial charge on any atom is 0.312 e. The van der Waals surface area contributed by atoms with Gasteiger partial charge in [0, 0.05) is 0 Å². The normalized spacial score (nSPS) is 12.8. The number of rotatable bonds is 9. The van der Waals surface area contributed by atoms with Gasteiger partial charge in [0.2, 0.25) is 0 Å². The number of carbonyl (C=O) groups is 1. The molecule has 1 aromatic carbocycles. The molecule has 0 fully saturated rings. The molecule has 0 amide bonds. The smallest absolute Gasteiger partial charge is 0.312 e. The largest absolute Gasteiger partial charge is 0.466 e. The van der Waals surface area contributed by atoms with Crippen molar-refractivity contribution in [3.05, 3.63) is 48.0 Å². The average molecular weight is 288 g/mol. The first kappa shape index (κ1) is 17.5. The molecule has 2 nitrogen and oxygen atoms in total. The second-order valence-electron chi connectivity index (χ2n) is 5.39. The van der Waals surface area contributed by atoms with E-state index in [9.17, 15) is 4.79 Å². The van der Waals surface area contributed by atoms with Crippen molar-refractivity contribution in [2.45, 2.75) is 46.5 Å². The van der Waals surface area contributed by atoms with E-state index in [4.69, 9.17) is 4.74 Å². The lowest BCUT2D eigenvalue weighted by Crippen LogP contribution is -2.19. The first-order chi connectivity index (χ1) is 10.2. The Balaban J connectivity index is 2.65. The number of allylic oxidation sites excluding steroid dienone is 1. The summed E-state index contributed by atoms with van der Waals surface area (Å²) in [6.45, 7) is 6.68. The Morgan fingerprint density at radius 2 is 1.81 bits per heavy atom. The number of benzene rings is 1. The zero-order valence-corrected chi connectivity index (χ0v) is 13.5. The van der Waals surface area contributed by atoms with Crippen LogP contribution in [-0.4, -0.2) is 12.6 Å². The lowest BCUT2D eigenvalue weighted by Gasteiger charge is -2.18. The van der Waals surface area contributed by atoms with E-state index in [1.807, 2.05) is 31.2 Å². The van der Waals surface area contributed by atoms with E-state index in [0.717, 1.165) is 25.7 Å². The standard InChI is InChI=1S/C19H28O2/c1-4-16(5-2)15-18(19(20)21-6-3)14-10-13-17-11-8-7-9-12-17/h7-12,14,16,18H,4-6,13,15H2,1-3H3/b14-10-. The molecule has 21 heavy (non-hydrogen) atoms. The summed E-state index contributed by atoms with van der Waals surface area (Å²) in [5.41, 5.74) is 1.26. The molecule has 0 aliphatic carbocycles. The molecule has 0 heterocycles. The SMILES string of the molecule is CCOC(=O)C(/C=C\Cc1ccccc1)CC(CC)CC. The Morgan fingerprint density at radius 1 is 1.14 bits per heavy atom. The molecular formula is C19H28O2. The van der Waals surface area contributed by atoms with Crippen molar-refractivity contribution in [3.8, 4) is 0 Å². The maximum atomic E-state index is 12.1. The first-order valence-electron chi connectivity index (χ1n) is 8.08. The Kier molecular flexibility index (Phi) is 8.49. The van der Waals surface area contributed by atoms with Crippen LogP contribution in [0.3, 0.4) is 0 Å². The lowest BCUT2D eigenvalue weighted by molar-refractivity contribution is -0.146. The molecule has 0 aromatic heterocycles. The summed E-state index contributed by atoms with van der Waals surface area (Å²) in [5.74, 6) is 0.382. The van der Waals surface area contributed by atoms with Crippen molar-refractivity contribution in [2.75, 3.05) is 6.61 Å². The predicted molar refractivity (Wildman–Crippen MR) is 88.1 cm³/mol. The second kappa shape index (κ2) is 10.2. The van der Waals surface area contributed by atoms with Gasteiger partial charge in [0.25, 0.3) is 0 Å². The fraction of sp³-hybridized carbons (Fsp3) is 0.526. The summed E-state index contributed by atoms with van der Waals surface area (Å²) in [6, 6.07) is 10.3. The maximum absolute atomic E-state index is 12.1. The molecule has 0 aliphatic heterocycles. The van der Waals surface area contributed by atoms with Crippen molar-refractivity contribution >= 4 is 5.97 Å². The highest BCUT2D eigenvalue weighted by Crippen LogP contribution is 2.21. The Bertz CT molecular complexity index is 418. The molecule has 0 radical (unpaired) electrons. The quantitative estimate of drug-likeness (QED) is 0.482. The summed E-state index contributed by atoms with van der Waals surface area (Å²) >= 11 is 0. The zero-order chi connectivity index (χ0) is 15.5. The number of hydrogen-bond donors (Lipinski definition) is 0. The Labute approximate surface area is 129 Å². The molecule has 1 aromatic rings. The van der Waals surface area contributed by atoms with Gasteiger partial charge < -0.3 is 4.74 Å². The molecule has 1 unspecified atom stereocenters. The molecule has 1 rings (SSSR count). The summed E-state index contributed by atoms with van der Waals surface area (Å²) in [5, 5.41) is 0. The number of carbonyl (C=O) groups excluding carboxylic acids is 1. The molecule has 1 atom stereocenters. The minimum Gasteiger partial charge on any atom is -0.466 e. The first-order valence-corrected chi connectivity index (χ1v) is 8.08. The highest BCUT2D eigenvalue weighted by molar-refractivity contribution is 5.74. The van der Waals surface area contributed by atoms with Crippen LogP contribution in [0.5, 0.6) is 0 Å². The van der Waals surface area contributed by atoms with Gasteiger partial charge in [0.1, 0.15) is 0 Å². The molecule has 0 spiro atoms. The van der Waals surface area contributed by atoms with E-state index in [2.05, 4.69) is 32.1 Å². The monoisotopic (exact) mass is 288 g/mol. The van der Waals surface area contributed by atoms with Gasteiger partial charge in [-0.2, -0.15) is 0 Å². The molecule has 0 bridgehead atoms. The summed E-state index contributed by atoms with van der Waals surface area (Å²) < 4.78 is 5.21. The van der Waals surface area contributed by atoms with Gasteiger partial charge in [0.05, 0.1) is 12.5 Å². The second-order valence-corrected chi connectivity index (χ2v) is 5.39. The van der Waals surface area contributed by atoms with E-state index in [1.165, 1.54) is 5.56 Å². The van der Waals surface area contributed by atoms with Crippen molar-refractivity contribution in [1.29, 1.82) is 0 Å². The lowest BCUT2D eigenvalue weighted by atomic mass is 9.90. The van der Waals surface area contributed by atoms with E-state index < -0.39 is 0 Å². The topological polar surface area (TPSA) is 26.3 Å². The summed E-state index contributed by atoms with van der Waals surface area (Å²) in [6.07, 6.45) is 8.09. The zero-order valence-electron chi connectivity index (χ0n) is 13.5. The van der Waals surface area contributed by atoms with E-state index >= 15 is 0 Å². The number of hydrogen-bond acceptors (Lipinski definition) is 2. The van der Waals surface area contributed by atoms with Gasteiger partial charge >= 0.3 is 5.97 Å². The van der Waals surface area contributed by atoms with Gasteiger partial charge in [-0.05, 0) is 31.2 Å². The molecule has 0 saturated heterocycles. The molecule has 0 aliphatic rings. The van der Waals surface area contributed by atoms with Crippen LogP contribution in [-0.2, 0) is 16.0 Å². The fourth-order valence-corrected chi connectivity index (χ4v) is 2.47. The average Bonchev–Trinajstić information content (AvgIpc) is 2.52. The summed E-state index contributed by atoms with van der Waals surface area (Å²) in [4.78, 5) is 12.1. The molecule has 2 heteroatoms. The van der Waals surface area contributed by atoms with Crippen LogP contribution in [0.2, 0.25) is 0 Å². The van der Waals surface area contributed by atoms with Crippen molar-refractivity contribution < 1.29 is 9.53 Å². The van der Waals surface area contributed by atoms with Crippen LogP contribution in [0.4, 0.5) is 0 Å². The van der Waals surface area contributed by atoms with Crippen LogP contribution >= 0.6 is 0 Å². The molecule has 116 valence electrons. The van der Waals surface area contributed by atoms with Crippen LogP contribution in [0.15, 0.2) is 42.5 Å². The van der Waals surface area contributed by atoms with Crippen LogP contribution in [0, 0.1) is 11.8 Å². The minimum atomic E-state index is -0.112. The van der Waals surface area contributed by atoms with E-state index in [0.29, 0.717) is 12.5 Å². The summed E-state index contributed by atoms with van der Waals surface area (Å²) in [7, 11) is 0. The number of ether oxygens (including phenoxy) is 1. The van der Waals surface area contributed by atoms with E-state index in [-0.39, 0.29) is 11.9 Å². The van der Waals surface area contributed by atoms with Crippen molar-refractivity contribution in [1.82, 2.24) is 0 Å². The van der Waals surface area contributed by atoms with E-state index in [1.54, 1.807) is 0 Å². The van der Waals surface area contributed by atoms with Crippen LogP contribution in [0.1, 0.15) is 45.6 Å². The third-order valence-corrected chi connectivity index (χ3v) is 3.90. The van der Waals surface area contributed by atoms with Crippen molar-refractivity contribution in [2.24, 2.45) is 11.8 Å². The third kappa shape index (κ3) is 6.61. The van der Waals surface area contributed by atoms with Crippen LogP contribution in [0.25, 0.3) is 0 Å². The number of esters is 1. The van der Waals surface area contributed by atoms with Gasteiger partial charge in [-0.3, -0.25) is 4.79 Å². The molecule has 0 N–H and O–H groups in total. The molecular weight excluding hydrogens is 260 g/mol. The fourth-order valence-electron chi connectivity index (χ4n) is 2.47. The van der Waals surface area contributed by atoms with Crippen LogP contribution < -0.4 is 0 Å². The highest BCUT2D eigenvalue weighted by atomic mass is 16.5. The Hall–Kier alpha value is -1.57. The highest BCUT2D eigenvalue weighted by Gasteiger charge is 2.20. The molecule has 0 saturated carbocycles. The van der Waals surface area contributed by atoms with Gasteiger partial charge in [-0.1, -0.05) is 69.2 Å². The van der Waals surface area contributed by atoms with Crippen molar-refractivity contribution in [3.63, 3.8) is 0 Å². The predicted octanol–water partition coefficient (Wildman–Crippen LogP) is 4.79. The Morgan fingerprint density at radius 3 is 2.38 bits per heavy atom. The van der Waals surface area contributed by atoms with Gasteiger partial charge in [0.15, 0.2) is 0 Å². The minimum absolute atomic E-state index is 0.0892. The third-order valence-electron chi connectivity index (χ3n) is 3.90. The van der Waals surface area contributed by atoms with Gasteiger partial charge in [-0.25, -0.2) is 0 Å². The van der Waals surface area contributed by atoms with Gasteiger partial charge in [-0.15, -0.1) is 0 Å².